The molecular weight excluding hydrogens is 833 g/mol. The van der Waals surface area contributed by atoms with Crippen LogP contribution in [0.2, 0.25) is 0 Å². The van der Waals surface area contributed by atoms with E-state index in [1.54, 1.807) is 0 Å². The van der Waals surface area contributed by atoms with Crippen molar-refractivity contribution < 1.29 is 0 Å². The summed E-state index contributed by atoms with van der Waals surface area (Å²) in [5.74, 6) is 0. The Morgan fingerprint density at radius 2 is 0.623 bits per heavy atom. The van der Waals surface area contributed by atoms with E-state index in [1.807, 2.05) is 0 Å². The Bertz CT molecular complexity index is 3940. The van der Waals surface area contributed by atoms with Crippen LogP contribution >= 0.6 is 0 Å². The number of anilines is 6. The minimum absolute atomic E-state index is 1.13. The van der Waals surface area contributed by atoms with Crippen molar-refractivity contribution in [2.24, 2.45) is 0 Å². The van der Waals surface area contributed by atoms with E-state index in [4.69, 9.17) is 0 Å². The third-order valence-electron chi connectivity index (χ3n) is 15.0. The largest absolute Gasteiger partial charge is 0.310 e. The standard InChI is InChI=1S/C67H54N2/c1-41-15-12-20-50(35-41)68(51-28-25-42(2)45(5)36-51)64-39-62(56-23-13-18-48-16-8-10-21-54(48)56)58-32-34-61-65(69(52-29-26-43(3)46(6)37-52)53-30-27-44(4)47(7)38-53)40-63(59-31-33-60(64)66(58)67(59)61)57-24-14-19-49-17-9-11-22-55(49)57/h8-40H,1-7H3. The van der Waals surface area contributed by atoms with Crippen molar-refractivity contribution in [2.45, 2.75) is 48.5 Å². The molecule has 0 unspecified atom stereocenters. The third-order valence-corrected chi connectivity index (χ3v) is 15.0. The highest BCUT2D eigenvalue weighted by atomic mass is 15.2. The van der Waals surface area contributed by atoms with E-state index in [1.165, 1.54) is 115 Å². The van der Waals surface area contributed by atoms with Crippen molar-refractivity contribution in [1.82, 2.24) is 0 Å². The summed E-state index contributed by atoms with van der Waals surface area (Å²) in [5, 5.41) is 12.3. The van der Waals surface area contributed by atoms with Crippen molar-refractivity contribution >= 4 is 88.0 Å². The molecule has 0 fully saturated rings. The second kappa shape index (κ2) is 16.5. The first-order valence-corrected chi connectivity index (χ1v) is 24.2. The van der Waals surface area contributed by atoms with Crippen molar-refractivity contribution in [1.29, 1.82) is 0 Å². The Labute approximate surface area is 405 Å². The topological polar surface area (TPSA) is 6.48 Å². The SMILES string of the molecule is Cc1cccc(N(c2ccc(C)c(C)c2)c2cc(-c3cccc4ccccc34)c3ccc4c(N(c5ccc(C)c(C)c5)c5ccc(C)c(C)c5)cc(-c5cccc6ccccc56)c5ccc2c3c54)c1. The molecule has 0 N–H and O–H groups in total. The first kappa shape index (κ1) is 42.2. The first-order valence-electron chi connectivity index (χ1n) is 24.2. The number of aryl methyl sites for hydroxylation is 7. The van der Waals surface area contributed by atoms with Gasteiger partial charge < -0.3 is 9.80 Å². The fraction of sp³-hybridized carbons (Fsp3) is 0.104. The van der Waals surface area contributed by atoms with Gasteiger partial charge in [-0.15, -0.1) is 0 Å². The second-order valence-corrected chi connectivity index (χ2v) is 19.3. The molecule has 0 aliphatic carbocycles. The average Bonchev–Trinajstić information content (AvgIpc) is 3.36. The third kappa shape index (κ3) is 7.01. The average molecular weight is 887 g/mol. The smallest absolute Gasteiger partial charge is 0.0546 e. The molecule has 0 atom stereocenters. The van der Waals surface area contributed by atoms with Crippen LogP contribution in [0.3, 0.4) is 0 Å². The Hall–Kier alpha value is -8.20. The fourth-order valence-corrected chi connectivity index (χ4v) is 10.9. The van der Waals surface area contributed by atoms with Crippen molar-refractivity contribution in [3.8, 4) is 22.3 Å². The maximum atomic E-state index is 2.51. The molecule has 332 valence electrons. The lowest BCUT2D eigenvalue weighted by Gasteiger charge is -2.31. The van der Waals surface area contributed by atoms with Gasteiger partial charge in [0, 0.05) is 44.3 Å². The minimum atomic E-state index is 1.13. The van der Waals surface area contributed by atoms with Crippen LogP contribution in [-0.4, -0.2) is 0 Å². The molecule has 0 spiro atoms. The summed E-state index contributed by atoms with van der Waals surface area (Å²) < 4.78 is 0. The quantitative estimate of drug-likeness (QED) is 0.140. The van der Waals surface area contributed by atoms with Gasteiger partial charge in [0.1, 0.15) is 0 Å². The summed E-state index contributed by atoms with van der Waals surface area (Å²) in [6, 6.07) is 75.6. The highest BCUT2D eigenvalue weighted by molar-refractivity contribution is 6.33. The molecule has 0 aliphatic rings. The number of fused-ring (bicyclic) bond motifs is 2. The Morgan fingerprint density at radius 3 is 1.04 bits per heavy atom. The van der Waals surface area contributed by atoms with Gasteiger partial charge in [-0.05, 0) is 203 Å². The summed E-state index contributed by atoms with van der Waals surface area (Å²) in [6.45, 7) is 15.5. The van der Waals surface area contributed by atoms with Crippen LogP contribution in [0.1, 0.15) is 38.9 Å². The molecule has 12 rings (SSSR count). The zero-order valence-corrected chi connectivity index (χ0v) is 40.4. The molecule has 12 aromatic carbocycles. The van der Waals surface area contributed by atoms with Gasteiger partial charge in [0.25, 0.3) is 0 Å². The highest BCUT2D eigenvalue weighted by Gasteiger charge is 2.27. The van der Waals surface area contributed by atoms with E-state index >= 15 is 0 Å². The van der Waals surface area contributed by atoms with Crippen LogP contribution in [0.15, 0.2) is 200 Å². The molecule has 12 aromatic rings. The fourth-order valence-electron chi connectivity index (χ4n) is 10.9. The van der Waals surface area contributed by atoms with E-state index in [9.17, 15) is 0 Å². The molecule has 0 aromatic heterocycles. The molecule has 0 saturated carbocycles. The number of rotatable bonds is 8. The Morgan fingerprint density at radius 1 is 0.246 bits per heavy atom. The summed E-state index contributed by atoms with van der Waals surface area (Å²) in [4.78, 5) is 5.02. The van der Waals surface area contributed by atoms with E-state index in [0.29, 0.717) is 0 Å². The maximum Gasteiger partial charge on any atom is 0.0546 e. The molecule has 0 aliphatic heterocycles. The highest BCUT2D eigenvalue weighted by Crippen LogP contribution is 2.53. The predicted octanol–water partition coefficient (Wildman–Crippen LogP) is 19.3. The first-order chi connectivity index (χ1) is 33.6. The second-order valence-electron chi connectivity index (χ2n) is 19.3. The zero-order chi connectivity index (χ0) is 47.1. The lowest BCUT2D eigenvalue weighted by atomic mass is 9.84. The molecule has 0 radical (unpaired) electrons. The van der Waals surface area contributed by atoms with Crippen LogP contribution in [0.25, 0.3) is 76.1 Å². The zero-order valence-electron chi connectivity index (χ0n) is 40.4. The van der Waals surface area contributed by atoms with Crippen molar-refractivity contribution in [3.63, 3.8) is 0 Å². The van der Waals surface area contributed by atoms with E-state index in [2.05, 4.69) is 258 Å². The normalized spacial score (nSPS) is 11.7. The molecule has 2 nitrogen and oxygen atoms in total. The van der Waals surface area contributed by atoms with Crippen LogP contribution < -0.4 is 9.80 Å². The Balaban J connectivity index is 1.29. The number of hydrogen-bond acceptors (Lipinski definition) is 2. The van der Waals surface area contributed by atoms with Gasteiger partial charge in [-0.25, -0.2) is 0 Å². The summed E-state index contributed by atoms with van der Waals surface area (Å²) >= 11 is 0. The van der Waals surface area contributed by atoms with E-state index in [-0.39, 0.29) is 0 Å². The van der Waals surface area contributed by atoms with Gasteiger partial charge in [-0.3, -0.25) is 0 Å². The molecule has 69 heavy (non-hydrogen) atoms. The van der Waals surface area contributed by atoms with Gasteiger partial charge in [-0.2, -0.15) is 0 Å². The van der Waals surface area contributed by atoms with Crippen LogP contribution in [0.4, 0.5) is 34.1 Å². The van der Waals surface area contributed by atoms with E-state index < -0.39 is 0 Å². The van der Waals surface area contributed by atoms with Crippen LogP contribution in [-0.2, 0) is 0 Å². The maximum absolute atomic E-state index is 2.51. The van der Waals surface area contributed by atoms with Crippen molar-refractivity contribution in [2.75, 3.05) is 9.80 Å². The summed E-state index contributed by atoms with van der Waals surface area (Å²) in [7, 11) is 0. The van der Waals surface area contributed by atoms with Crippen LogP contribution in [0, 0.1) is 48.5 Å². The van der Waals surface area contributed by atoms with Crippen LogP contribution in [0.5, 0.6) is 0 Å². The van der Waals surface area contributed by atoms with Gasteiger partial charge in [0.2, 0.25) is 0 Å². The Kier molecular flexibility index (Phi) is 10.1. The van der Waals surface area contributed by atoms with Gasteiger partial charge in [0.15, 0.2) is 0 Å². The number of nitrogens with zero attached hydrogens (tertiary/aromatic N) is 2. The predicted molar refractivity (Wildman–Crippen MR) is 299 cm³/mol. The lowest BCUT2D eigenvalue weighted by Crippen LogP contribution is -2.13. The summed E-state index contributed by atoms with van der Waals surface area (Å²) in [5.41, 5.74) is 20.5. The lowest BCUT2D eigenvalue weighted by molar-refractivity contribution is 1.24. The number of hydrogen-bond donors (Lipinski definition) is 0. The van der Waals surface area contributed by atoms with Gasteiger partial charge in [0.05, 0.1) is 11.4 Å². The summed E-state index contributed by atoms with van der Waals surface area (Å²) in [6.07, 6.45) is 0. The molecular formula is C67H54N2. The molecule has 0 saturated heterocycles. The molecule has 2 heteroatoms. The molecule has 0 amide bonds. The van der Waals surface area contributed by atoms with E-state index in [0.717, 1.165) is 34.1 Å². The molecule has 0 bridgehead atoms. The van der Waals surface area contributed by atoms with Gasteiger partial charge >= 0.3 is 0 Å². The van der Waals surface area contributed by atoms with Crippen molar-refractivity contribution in [3.05, 3.63) is 239 Å². The van der Waals surface area contributed by atoms with Gasteiger partial charge in [-0.1, -0.05) is 140 Å². The molecule has 0 heterocycles. The minimum Gasteiger partial charge on any atom is -0.310 e. The number of benzene rings is 12. The monoisotopic (exact) mass is 886 g/mol.